The van der Waals surface area contributed by atoms with Crippen LogP contribution in [0.1, 0.15) is 16.8 Å². The molecule has 94 valence electrons. The van der Waals surface area contributed by atoms with E-state index in [-0.39, 0.29) is 11.3 Å². The van der Waals surface area contributed by atoms with Gasteiger partial charge in [-0.25, -0.2) is 4.79 Å². The minimum atomic E-state index is -4.32. The molecule has 0 amide bonds. The van der Waals surface area contributed by atoms with Gasteiger partial charge in [-0.1, -0.05) is 15.9 Å². The molecule has 0 spiro atoms. The van der Waals surface area contributed by atoms with Gasteiger partial charge in [0.2, 0.25) is 0 Å². The fraction of sp³-hybridized carbons (Fsp3) is 0.300. The molecule has 0 unspecified atom stereocenters. The van der Waals surface area contributed by atoms with E-state index >= 15 is 0 Å². The minimum Gasteiger partial charge on any atom is -0.492 e. The normalized spacial score (nSPS) is 11.3. The molecule has 1 rings (SSSR count). The Balaban J connectivity index is 2.74. The van der Waals surface area contributed by atoms with E-state index in [1.54, 1.807) is 0 Å². The smallest absolute Gasteiger partial charge is 0.392 e. The van der Waals surface area contributed by atoms with Crippen molar-refractivity contribution in [2.24, 2.45) is 0 Å². The summed E-state index contributed by atoms with van der Waals surface area (Å²) in [5, 5.41) is 8.83. The zero-order valence-electron chi connectivity index (χ0n) is 8.42. The van der Waals surface area contributed by atoms with E-state index in [1.165, 1.54) is 18.2 Å². The van der Waals surface area contributed by atoms with Crippen LogP contribution >= 0.6 is 15.9 Å². The lowest BCUT2D eigenvalue weighted by Crippen LogP contribution is -2.14. The largest absolute Gasteiger partial charge is 0.492 e. The van der Waals surface area contributed by atoms with Crippen LogP contribution in [-0.2, 0) is 0 Å². The highest BCUT2D eigenvalue weighted by molar-refractivity contribution is 9.10. The van der Waals surface area contributed by atoms with E-state index < -0.39 is 25.2 Å². The molecule has 3 nitrogen and oxygen atoms in total. The molecule has 0 saturated carbocycles. The summed E-state index contributed by atoms with van der Waals surface area (Å²) in [4.78, 5) is 10.8. The number of halogens is 4. The molecule has 0 saturated heterocycles. The van der Waals surface area contributed by atoms with Crippen LogP contribution in [0.15, 0.2) is 22.7 Å². The van der Waals surface area contributed by atoms with E-state index in [9.17, 15) is 18.0 Å². The number of benzene rings is 1. The van der Waals surface area contributed by atoms with E-state index in [0.717, 1.165) is 0 Å². The van der Waals surface area contributed by atoms with Crippen LogP contribution < -0.4 is 4.74 Å². The number of carboxylic acids is 1. The maximum absolute atomic E-state index is 11.9. The zero-order chi connectivity index (χ0) is 13.1. The Morgan fingerprint density at radius 3 is 2.59 bits per heavy atom. The Labute approximate surface area is 103 Å². The van der Waals surface area contributed by atoms with Crippen molar-refractivity contribution in [1.82, 2.24) is 0 Å². The van der Waals surface area contributed by atoms with Gasteiger partial charge in [0.15, 0.2) is 0 Å². The molecule has 0 aliphatic rings. The summed E-state index contributed by atoms with van der Waals surface area (Å²) in [6.45, 7) is -0.606. The molecule has 0 fully saturated rings. The van der Waals surface area contributed by atoms with Crippen LogP contribution in [0.2, 0.25) is 0 Å². The third-order valence-electron chi connectivity index (χ3n) is 1.82. The van der Waals surface area contributed by atoms with Crippen molar-refractivity contribution in [3.8, 4) is 5.75 Å². The standard InChI is InChI=1S/C10H8BrF3O3/c11-6-1-2-8(7(5-6)9(15)16)17-4-3-10(12,13)14/h1-2,5H,3-4H2,(H,15,16). The summed E-state index contributed by atoms with van der Waals surface area (Å²) in [5.74, 6) is -1.33. The molecular formula is C10H8BrF3O3. The fourth-order valence-electron chi connectivity index (χ4n) is 1.07. The number of carboxylic acid groups (broad SMARTS) is 1. The van der Waals surface area contributed by atoms with Gasteiger partial charge in [0, 0.05) is 4.47 Å². The van der Waals surface area contributed by atoms with Gasteiger partial charge >= 0.3 is 12.1 Å². The van der Waals surface area contributed by atoms with Crippen molar-refractivity contribution in [3.05, 3.63) is 28.2 Å². The first-order valence-electron chi connectivity index (χ1n) is 4.52. The lowest BCUT2D eigenvalue weighted by molar-refractivity contribution is -0.139. The van der Waals surface area contributed by atoms with Gasteiger partial charge in [0.1, 0.15) is 11.3 Å². The van der Waals surface area contributed by atoms with Crippen LogP contribution in [0.4, 0.5) is 13.2 Å². The molecular weight excluding hydrogens is 305 g/mol. The summed E-state index contributed by atoms with van der Waals surface area (Å²) >= 11 is 3.07. The second-order valence-electron chi connectivity index (χ2n) is 3.16. The molecule has 0 radical (unpaired) electrons. The Morgan fingerprint density at radius 1 is 1.41 bits per heavy atom. The van der Waals surface area contributed by atoms with Gasteiger partial charge in [-0.2, -0.15) is 13.2 Å². The Morgan fingerprint density at radius 2 is 2.06 bits per heavy atom. The maximum atomic E-state index is 11.9. The minimum absolute atomic E-state index is 0.0787. The fourth-order valence-corrected chi connectivity index (χ4v) is 1.43. The Bertz CT molecular complexity index is 418. The predicted octanol–water partition coefficient (Wildman–Crippen LogP) is 3.48. The molecule has 1 aromatic carbocycles. The third-order valence-corrected chi connectivity index (χ3v) is 2.31. The lowest BCUT2D eigenvalue weighted by atomic mass is 10.2. The molecule has 0 aliphatic heterocycles. The topological polar surface area (TPSA) is 46.5 Å². The van der Waals surface area contributed by atoms with Crippen molar-refractivity contribution in [2.75, 3.05) is 6.61 Å². The van der Waals surface area contributed by atoms with E-state index in [4.69, 9.17) is 9.84 Å². The van der Waals surface area contributed by atoms with Crippen molar-refractivity contribution in [2.45, 2.75) is 12.6 Å². The van der Waals surface area contributed by atoms with Gasteiger partial charge in [-0.15, -0.1) is 0 Å². The predicted molar refractivity (Wildman–Crippen MR) is 57.3 cm³/mol. The summed E-state index contributed by atoms with van der Waals surface area (Å²) in [6.07, 6.45) is -5.44. The second kappa shape index (κ2) is 5.39. The van der Waals surface area contributed by atoms with Crippen molar-refractivity contribution in [3.63, 3.8) is 0 Å². The molecule has 0 heterocycles. The summed E-state index contributed by atoms with van der Waals surface area (Å²) in [5.41, 5.74) is -0.179. The van der Waals surface area contributed by atoms with Crippen LogP contribution in [0.25, 0.3) is 0 Å². The van der Waals surface area contributed by atoms with Crippen LogP contribution in [-0.4, -0.2) is 23.9 Å². The van der Waals surface area contributed by atoms with Gasteiger partial charge in [-0.3, -0.25) is 0 Å². The summed E-state index contributed by atoms with van der Waals surface area (Å²) in [6, 6.07) is 4.07. The maximum Gasteiger partial charge on any atom is 0.392 e. The van der Waals surface area contributed by atoms with Crippen LogP contribution in [0.5, 0.6) is 5.75 Å². The zero-order valence-corrected chi connectivity index (χ0v) is 10.0. The number of hydrogen-bond acceptors (Lipinski definition) is 2. The number of ether oxygens (including phenoxy) is 1. The van der Waals surface area contributed by atoms with E-state index in [2.05, 4.69) is 15.9 Å². The van der Waals surface area contributed by atoms with Crippen LogP contribution in [0.3, 0.4) is 0 Å². The molecule has 0 atom stereocenters. The highest BCUT2D eigenvalue weighted by Gasteiger charge is 2.27. The number of rotatable bonds is 4. The first kappa shape index (κ1) is 13.8. The monoisotopic (exact) mass is 312 g/mol. The Kier molecular flexibility index (Phi) is 4.39. The second-order valence-corrected chi connectivity index (χ2v) is 4.07. The number of aromatic carboxylic acids is 1. The summed E-state index contributed by atoms with van der Waals surface area (Å²) in [7, 11) is 0. The van der Waals surface area contributed by atoms with Gasteiger partial charge in [0.05, 0.1) is 13.0 Å². The quantitative estimate of drug-likeness (QED) is 0.926. The molecule has 0 bridgehead atoms. The number of alkyl halides is 3. The summed E-state index contributed by atoms with van der Waals surface area (Å²) < 4.78 is 41.0. The van der Waals surface area contributed by atoms with Gasteiger partial charge in [0.25, 0.3) is 0 Å². The molecule has 0 aromatic heterocycles. The number of carbonyl (C=O) groups is 1. The average molecular weight is 313 g/mol. The van der Waals surface area contributed by atoms with E-state index in [1.807, 2.05) is 0 Å². The SMILES string of the molecule is O=C(O)c1cc(Br)ccc1OCCC(F)(F)F. The molecule has 0 aliphatic carbocycles. The van der Waals surface area contributed by atoms with Crippen molar-refractivity contribution >= 4 is 21.9 Å². The van der Waals surface area contributed by atoms with Gasteiger partial charge < -0.3 is 9.84 Å². The molecule has 1 N–H and O–H groups in total. The van der Waals surface area contributed by atoms with Crippen LogP contribution in [0, 0.1) is 0 Å². The first-order chi connectivity index (χ1) is 7.79. The average Bonchev–Trinajstić information content (AvgIpc) is 2.18. The highest BCUT2D eigenvalue weighted by Crippen LogP contribution is 2.25. The first-order valence-corrected chi connectivity index (χ1v) is 5.31. The third kappa shape index (κ3) is 4.64. The highest BCUT2D eigenvalue weighted by atomic mass is 79.9. The van der Waals surface area contributed by atoms with Crippen molar-refractivity contribution < 1.29 is 27.8 Å². The Hall–Kier alpha value is -1.24. The molecule has 1 aromatic rings. The lowest BCUT2D eigenvalue weighted by Gasteiger charge is -2.10. The van der Waals surface area contributed by atoms with E-state index in [0.29, 0.717) is 4.47 Å². The van der Waals surface area contributed by atoms with Crippen molar-refractivity contribution in [1.29, 1.82) is 0 Å². The molecule has 7 heteroatoms. The molecule has 17 heavy (non-hydrogen) atoms. The number of hydrogen-bond donors (Lipinski definition) is 1. The van der Waals surface area contributed by atoms with Gasteiger partial charge in [-0.05, 0) is 18.2 Å².